The molecule has 4 heterocycles. The third-order valence-corrected chi connectivity index (χ3v) is 7.88. The molecule has 40 heavy (non-hydrogen) atoms. The van der Waals surface area contributed by atoms with E-state index in [9.17, 15) is 0 Å². The highest BCUT2D eigenvalue weighted by atomic mass is 15.2. The molecule has 0 fully saturated rings. The standard InChI is InChI=1S/C34H20N6/c1-2-11-22(12-3-1)39-27-16-8-6-14-24(27)30-31-25(19-35-20-37-31)29-23-13-5-9-17-28(23)40(32(29)33(30)39)34-36-18-21-10-4-7-15-26(21)38-34/h1-20H. The van der Waals surface area contributed by atoms with Gasteiger partial charge in [-0.1, -0.05) is 72.8 Å². The predicted molar refractivity (Wildman–Crippen MR) is 161 cm³/mol. The summed E-state index contributed by atoms with van der Waals surface area (Å²) in [6, 6.07) is 35.7. The molecule has 0 unspecified atom stereocenters. The second-order valence-electron chi connectivity index (χ2n) is 10.0. The molecule has 6 nitrogen and oxygen atoms in total. The van der Waals surface area contributed by atoms with E-state index < -0.39 is 0 Å². The summed E-state index contributed by atoms with van der Waals surface area (Å²) in [7, 11) is 0. The molecule has 0 spiro atoms. The summed E-state index contributed by atoms with van der Waals surface area (Å²) in [5.41, 5.74) is 7.19. The topological polar surface area (TPSA) is 61.4 Å². The van der Waals surface area contributed by atoms with Crippen LogP contribution in [0.25, 0.3) is 77.1 Å². The van der Waals surface area contributed by atoms with Crippen LogP contribution in [0.5, 0.6) is 0 Å². The number of benzene rings is 5. The number of rotatable bonds is 2. The van der Waals surface area contributed by atoms with Crippen molar-refractivity contribution in [3.63, 3.8) is 0 Å². The Morgan fingerprint density at radius 1 is 0.525 bits per heavy atom. The highest BCUT2D eigenvalue weighted by molar-refractivity contribution is 6.35. The first-order chi connectivity index (χ1) is 19.9. The van der Waals surface area contributed by atoms with Gasteiger partial charge in [0.15, 0.2) is 0 Å². The van der Waals surface area contributed by atoms with Crippen molar-refractivity contribution in [3.8, 4) is 11.6 Å². The van der Waals surface area contributed by atoms with Crippen LogP contribution in [0, 0.1) is 0 Å². The largest absolute Gasteiger partial charge is 0.307 e. The smallest absolute Gasteiger partial charge is 0.235 e. The van der Waals surface area contributed by atoms with E-state index in [1.54, 1.807) is 6.33 Å². The van der Waals surface area contributed by atoms with Gasteiger partial charge in [-0.3, -0.25) is 4.57 Å². The molecule has 0 aliphatic carbocycles. The Balaban J connectivity index is 1.63. The fourth-order valence-electron chi connectivity index (χ4n) is 6.28. The Labute approximate surface area is 227 Å². The molecule has 0 aliphatic heterocycles. The van der Waals surface area contributed by atoms with Crippen molar-refractivity contribution in [1.82, 2.24) is 29.1 Å². The van der Waals surface area contributed by atoms with Gasteiger partial charge in [0.2, 0.25) is 5.95 Å². The van der Waals surface area contributed by atoms with Gasteiger partial charge in [-0.2, -0.15) is 0 Å². The van der Waals surface area contributed by atoms with Gasteiger partial charge < -0.3 is 4.57 Å². The van der Waals surface area contributed by atoms with E-state index in [0.29, 0.717) is 5.95 Å². The highest BCUT2D eigenvalue weighted by Crippen LogP contribution is 2.45. The zero-order valence-corrected chi connectivity index (χ0v) is 21.2. The number of hydrogen-bond acceptors (Lipinski definition) is 4. The molecule has 6 heteroatoms. The van der Waals surface area contributed by atoms with E-state index in [1.165, 1.54) is 0 Å². The van der Waals surface area contributed by atoms with Crippen LogP contribution < -0.4 is 0 Å². The second-order valence-corrected chi connectivity index (χ2v) is 10.0. The van der Waals surface area contributed by atoms with E-state index in [0.717, 1.165) is 71.1 Å². The van der Waals surface area contributed by atoms with Crippen molar-refractivity contribution in [2.75, 3.05) is 0 Å². The number of nitrogens with zero attached hydrogens (tertiary/aromatic N) is 6. The first-order valence-corrected chi connectivity index (χ1v) is 13.2. The fourth-order valence-corrected chi connectivity index (χ4v) is 6.28. The molecule has 0 bridgehead atoms. The maximum atomic E-state index is 5.07. The van der Waals surface area contributed by atoms with E-state index in [4.69, 9.17) is 15.0 Å². The van der Waals surface area contributed by atoms with Crippen LogP contribution in [0.3, 0.4) is 0 Å². The van der Waals surface area contributed by atoms with Gasteiger partial charge in [-0.05, 0) is 30.3 Å². The molecule has 0 saturated heterocycles. The Morgan fingerprint density at radius 2 is 1.20 bits per heavy atom. The normalized spacial score (nSPS) is 12.0. The molecule has 0 amide bonds. The lowest BCUT2D eigenvalue weighted by Gasteiger charge is -2.12. The molecule has 0 radical (unpaired) electrons. The maximum absolute atomic E-state index is 5.07. The van der Waals surface area contributed by atoms with Crippen LogP contribution in [0.1, 0.15) is 0 Å². The van der Waals surface area contributed by atoms with Gasteiger partial charge in [0.05, 0.1) is 33.1 Å². The van der Waals surface area contributed by atoms with Gasteiger partial charge in [-0.25, -0.2) is 19.9 Å². The number of hydrogen-bond donors (Lipinski definition) is 0. The molecule has 4 aromatic heterocycles. The molecule has 0 aliphatic rings. The van der Waals surface area contributed by atoms with Crippen molar-refractivity contribution in [1.29, 1.82) is 0 Å². The highest BCUT2D eigenvalue weighted by Gasteiger charge is 2.25. The van der Waals surface area contributed by atoms with E-state index >= 15 is 0 Å². The summed E-state index contributed by atoms with van der Waals surface area (Å²) in [5, 5.41) is 6.46. The van der Waals surface area contributed by atoms with Crippen molar-refractivity contribution >= 4 is 65.4 Å². The quantitative estimate of drug-likeness (QED) is 0.237. The lowest BCUT2D eigenvalue weighted by molar-refractivity contribution is 1.01. The summed E-state index contributed by atoms with van der Waals surface area (Å²) in [6.45, 7) is 0. The first-order valence-electron chi connectivity index (χ1n) is 13.2. The average molecular weight is 513 g/mol. The van der Waals surface area contributed by atoms with E-state index in [-0.39, 0.29) is 0 Å². The van der Waals surface area contributed by atoms with Crippen molar-refractivity contribution < 1.29 is 0 Å². The van der Waals surface area contributed by atoms with Gasteiger partial charge >= 0.3 is 0 Å². The molecular weight excluding hydrogens is 492 g/mol. The van der Waals surface area contributed by atoms with Crippen LogP contribution >= 0.6 is 0 Å². The first kappa shape index (κ1) is 21.3. The molecule has 186 valence electrons. The number of aromatic nitrogens is 6. The van der Waals surface area contributed by atoms with Crippen LogP contribution in [0.4, 0.5) is 0 Å². The summed E-state index contributed by atoms with van der Waals surface area (Å²) in [5.74, 6) is 0.632. The zero-order valence-electron chi connectivity index (χ0n) is 21.2. The zero-order chi connectivity index (χ0) is 26.2. The summed E-state index contributed by atoms with van der Waals surface area (Å²) >= 11 is 0. The van der Waals surface area contributed by atoms with Gasteiger partial charge in [0, 0.05) is 50.4 Å². The molecule has 0 saturated carbocycles. The number of fused-ring (bicyclic) bond motifs is 11. The van der Waals surface area contributed by atoms with Crippen molar-refractivity contribution in [2.45, 2.75) is 0 Å². The van der Waals surface area contributed by atoms with E-state index in [2.05, 4.69) is 93.0 Å². The monoisotopic (exact) mass is 512 g/mol. The average Bonchev–Trinajstić information content (AvgIpc) is 3.55. The minimum absolute atomic E-state index is 0.632. The lowest BCUT2D eigenvalue weighted by atomic mass is 10.0. The Bertz CT molecular complexity index is 2440. The predicted octanol–water partition coefficient (Wildman–Crippen LogP) is 7.77. The van der Waals surface area contributed by atoms with Crippen molar-refractivity contribution in [2.24, 2.45) is 0 Å². The van der Waals surface area contributed by atoms with Crippen LogP contribution in [0.2, 0.25) is 0 Å². The van der Waals surface area contributed by atoms with Crippen LogP contribution in [-0.2, 0) is 0 Å². The summed E-state index contributed by atoms with van der Waals surface area (Å²) in [6.07, 6.45) is 5.50. The Kier molecular flexibility index (Phi) is 4.24. The molecule has 0 N–H and O–H groups in total. The lowest BCUT2D eigenvalue weighted by Crippen LogP contribution is -2.03. The van der Waals surface area contributed by atoms with Gasteiger partial charge in [0.25, 0.3) is 0 Å². The molecular formula is C34H20N6. The minimum atomic E-state index is 0.632. The molecule has 9 rings (SSSR count). The van der Waals surface area contributed by atoms with Crippen LogP contribution in [-0.4, -0.2) is 29.1 Å². The Morgan fingerprint density at radius 3 is 2.05 bits per heavy atom. The van der Waals surface area contributed by atoms with E-state index in [1.807, 2.05) is 36.7 Å². The summed E-state index contributed by atoms with van der Waals surface area (Å²) < 4.78 is 4.56. The molecule has 9 aromatic rings. The fraction of sp³-hybridized carbons (Fsp3) is 0. The number of para-hydroxylation sites is 4. The third-order valence-electron chi connectivity index (χ3n) is 7.88. The maximum Gasteiger partial charge on any atom is 0.235 e. The third kappa shape index (κ3) is 2.77. The SMILES string of the molecule is c1ccc(-n2c3ccccc3c3c4ncncc4c4c5ccccc5n(-c5ncc6ccccc6n5)c4c32)cc1. The summed E-state index contributed by atoms with van der Waals surface area (Å²) in [4.78, 5) is 19.3. The van der Waals surface area contributed by atoms with Gasteiger partial charge in [-0.15, -0.1) is 0 Å². The molecule has 5 aromatic carbocycles. The second kappa shape index (κ2) is 7.94. The van der Waals surface area contributed by atoms with Gasteiger partial charge in [0.1, 0.15) is 6.33 Å². The van der Waals surface area contributed by atoms with Crippen LogP contribution in [0.15, 0.2) is 122 Å². The Hall–Kier alpha value is -5.62. The van der Waals surface area contributed by atoms with Crippen molar-refractivity contribution in [3.05, 3.63) is 122 Å². The molecule has 0 atom stereocenters. The minimum Gasteiger partial charge on any atom is -0.307 e.